The summed E-state index contributed by atoms with van der Waals surface area (Å²) in [6.45, 7) is -0.566. The second kappa shape index (κ2) is 9.16. The van der Waals surface area contributed by atoms with E-state index < -0.39 is 23.4 Å². The Balaban J connectivity index is 1.64. The lowest BCUT2D eigenvalue weighted by Crippen LogP contribution is -2.21. The van der Waals surface area contributed by atoms with Crippen molar-refractivity contribution in [3.05, 3.63) is 63.2 Å². The molecule has 0 saturated heterocycles. The van der Waals surface area contributed by atoms with Crippen LogP contribution < -0.4 is 10.6 Å². The fraction of sp³-hybridized carbons (Fsp3) is 0.300. The molecule has 0 atom stereocenters. The SMILES string of the molecule is O=C(COC(=O)c1cc([N+](=O)[O-])ccc1NCCO)Nc1ccc2c(c1)CCC2. The van der Waals surface area contributed by atoms with Crippen molar-refractivity contribution in [3.63, 3.8) is 0 Å². The van der Waals surface area contributed by atoms with Crippen LogP contribution in [-0.2, 0) is 22.4 Å². The number of hydrogen-bond donors (Lipinski definition) is 3. The Hall–Kier alpha value is -3.46. The minimum absolute atomic E-state index is 0.0852. The summed E-state index contributed by atoms with van der Waals surface area (Å²) in [5.41, 5.74) is 3.02. The Labute approximate surface area is 166 Å². The molecule has 2 aromatic rings. The highest BCUT2D eigenvalue weighted by molar-refractivity contribution is 5.99. The number of fused-ring (bicyclic) bond motifs is 1. The Morgan fingerprint density at radius 3 is 2.69 bits per heavy atom. The number of aryl methyl sites for hydroxylation is 2. The van der Waals surface area contributed by atoms with Crippen molar-refractivity contribution in [3.8, 4) is 0 Å². The van der Waals surface area contributed by atoms with Crippen LogP contribution in [0, 0.1) is 10.1 Å². The minimum Gasteiger partial charge on any atom is -0.452 e. The van der Waals surface area contributed by atoms with Gasteiger partial charge < -0.3 is 20.5 Å². The quantitative estimate of drug-likeness (QED) is 0.353. The van der Waals surface area contributed by atoms with E-state index in [-0.39, 0.29) is 30.1 Å². The normalized spacial score (nSPS) is 12.2. The highest BCUT2D eigenvalue weighted by Crippen LogP contribution is 2.25. The van der Waals surface area contributed by atoms with Gasteiger partial charge in [-0.15, -0.1) is 0 Å². The van der Waals surface area contributed by atoms with Gasteiger partial charge in [0.1, 0.15) is 0 Å². The molecular weight excluding hydrogens is 378 g/mol. The summed E-state index contributed by atoms with van der Waals surface area (Å²) >= 11 is 0. The van der Waals surface area contributed by atoms with Gasteiger partial charge in [0.05, 0.1) is 17.1 Å². The van der Waals surface area contributed by atoms with Crippen molar-refractivity contribution in [2.45, 2.75) is 19.3 Å². The maximum absolute atomic E-state index is 12.4. The molecule has 0 aliphatic heterocycles. The summed E-state index contributed by atoms with van der Waals surface area (Å²) in [6, 6.07) is 9.36. The zero-order chi connectivity index (χ0) is 20.8. The lowest BCUT2D eigenvalue weighted by molar-refractivity contribution is -0.384. The lowest BCUT2D eigenvalue weighted by Gasteiger charge is -2.11. The maximum atomic E-state index is 12.4. The van der Waals surface area contributed by atoms with E-state index in [4.69, 9.17) is 9.84 Å². The van der Waals surface area contributed by atoms with Gasteiger partial charge in [0.15, 0.2) is 6.61 Å². The molecule has 0 spiro atoms. The minimum atomic E-state index is -0.877. The maximum Gasteiger partial charge on any atom is 0.341 e. The molecule has 152 valence electrons. The highest BCUT2D eigenvalue weighted by Gasteiger charge is 2.19. The molecule has 0 aromatic heterocycles. The van der Waals surface area contributed by atoms with E-state index in [0.29, 0.717) is 5.69 Å². The number of nitrogens with one attached hydrogen (secondary N) is 2. The van der Waals surface area contributed by atoms with Crippen LogP contribution in [0.4, 0.5) is 17.1 Å². The summed E-state index contributed by atoms with van der Waals surface area (Å²) in [4.78, 5) is 34.9. The number of nitro benzene ring substituents is 1. The number of aliphatic hydroxyl groups is 1. The number of ether oxygens (including phenoxy) is 1. The predicted octanol–water partition coefficient (Wildman–Crippen LogP) is 2.28. The monoisotopic (exact) mass is 399 g/mol. The van der Waals surface area contributed by atoms with Crippen LogP contribution in [0.15, 0.2) is 36.4 Å². The number of carbonyl (C=O) groups excluding carboxylic acids is 2. The lowest BCUT2D eigenvalue weighted by atomic mass is 10.1. The summed E-state index contributed by atoms with van der Waals surface area (Å²) in [5, 5.41) is 25.4. The Morgan fingerprint density at radius 2 is 1.93 bits per heavy atom. The van der Waals surface area contributed by atoms with Gasteiger partial charge in [-0.25, -0.2) is 4.79 Å². The number of non-ortho nitro benzene ring substituents is 1. The van der Waals surface area contributed by atoms with E-state index in [2.05, 4.69) is 10.6 Å². The molecule has 1 aliphatic carbocycles. The highest BCUT2D eigenvalue weighted by atomic mass is 16.6. The van der Waals surface area contributed by atoms with Gasteiger partial charge in [-0.2, -0.15) is 0 Å². The Bertz CT molecular complexity index is 944. The number of hydrogen-bond acceptors (Lipinski definition) is 7. The molecule has 3 N–H and O–H groups in total. The first-order valence-electron chi connectivity index (χ1n) is 9.20. The standard InChI is InChI=1S/C20H21N3O6/c24-9-8-21-18-7-6-16(23(27)28)11-17(18)20(26)29-12-19(25)22-15-5-4-13-2-1-3-14(13)10-15/h4-7,10-11,21,24H,1-3,8-9,12H2,(H,22,25). The molecule has 0 unspecified atom stereocenters. The van der Waals surface area contributed by atoms with Gasteiger partial charge in [0, 0.05) is 30.1 Å². The van der Waals surface area contributed by atoms with Gasteiger partial charge in [-0.1, -0.05) is 6.07 Å². The number of aliphatic hydroxyl groups excluding tert-OH is 1. The zero-order valence-electron chi connectivity index (χ0n) is 15.6. The second-order valence-electron chi connectivity index (χ2n) is 6.60. The Morgan fingerprint density at radius 1 is 1.14 bits per heavy atom. The second-order valence-corrected chi connectivity index (χ2v) is 6.60. The third-order valence-electron chi connectivity index (χ3n) is 4.58. The van der Waals surface area contributed by atoms with Crippen LogP contribution in [0.25, 0.3) is 0 Å². The van der Waals surface area contributed by atoms with E-state index in [1.165, 1.54) is 23.3 Å². The van der Waals surface area contributed by atoms with Gasteiger partial charge in [-0.05, 0) is 48.6 Å². The van der Waals surface area contributed by atoms with E-state index in [9.17, 15) is 19.7 Å². The third kappa shape index (κ3) is 5.08. The number of amides is 1. The van der Waals surface area contributed by atoms with Gasteiger partial charge in [-0.3, -0.25) is 14.9 Å². The number of anilines is 2. The molecule has 0 fully saturated rings. The smallest absolute Gasteiger partial charge is 0.341 e. The van der Waals surface area contributed by atoms with E-state index >= 15 is 0 Å². The van der Waals surface area contributed by atoms with Crippen LogP contribution in [0.3, 0.4) is 0 Å². The molecule has 0 heterocycles. The largest absolute Gasteiger partial charge is 0.452 e. The molecule has 2 aromatic carbocycles. The first-order valence-corrected chi connectivity index (χ1v) is 9.20. The summed E-state index contributed by atoms with van der Waals surface area (Å²) < 4.78 is 5.03. The van der Waals surface area contributed by atoms with Gasteiger partial charge >= 0.3 is 5.97 Å². The van der Waals surface area contributed by atoms with Crippen LogP contribution in [0.2, 0.25) is 0 Å². The molecule has 9 heteroatoms. The fourth-order valence-electron chi connectivity index (χ4n) is 3.21. The van der Waals surface area contributed by atoms with Crippen molar-refractivity contribution in [1.29, 1.82) is 0 Å². The third-order valence-corrected chi connectivity index (χ3v) is 4.58. The van der Waals surface area contributed by atoms with Crippen molar-refractivity contribution in [2.75, 3.05) is 30.4 Å². The van der Waals surface area contributed by atoms with E-state index in [1.807, 2.05) is 12.1 Å². The molecule has 1 amide bonds. The van der Waals surface area contributed by atoms with Crippen LogP contribution in [0.1, 0.15) is 27.9 Å². The summed E-state index contributed by atoms with van der Waals surface area (Å²) in [5.74, 6) is -1.38. The first kappa shape index (κ1) is 20.3. The molecule has 9 nitrogen and oxygen atoms in total. The van der Waals surface area contributed by atoms with Crippen molar-refractivity contribution < 1.29 is 24.4 Å². The van der Waals surface area contributed by atoms with Crippen molar-refractivity contribution in [1.82, 2.24) is 0 Å². The molecule has 3 rings (SSSR count). The topological polar surface area (TPSA) is 131 Å². The first-order chi connectivity index (χ1) is 14.0. The number of esters is 1. The van der Waals surface area contributed by atoms with E-state index in [1.54, 1.807) is 6.07 Å². The Kier molecular flexibility index (Phi) is 6.40. The average Bonchev–Trinajstić information content (AvgIpc) is 3.18. The van der Waals surface area contributed by atoms with Crippen molar-refractivity contribution in [2.24, 2.45) is 0 Å². The molecule has 0 bridgehead atoms. The number of rotatable bonds is 8. The van der Waals surface area contributed by atoms with Gasteiger partial charge in [0.2, 0.25) is 0 Å². The zero-order valence-corrected chi connectivity index (χ0v) is 15.6. The van der Waals surface area contributed by atoms with Gasteiger partial charge in [0.25, 0.3) is 11.6 Å². The van der Waals surface area contributed by atoms with Crippen LogP contribution in [0.5, 0.6) is 0 Å². The van der Waals surface area contributed by atoms with Crippen molar-refractivity contribution >= 4 is 28.9 Å². The number of nitro groups is 1. The molecule has 0 radical (unpaired) electrons. The van der Waals surface area contributed by atoms with Crippen LogP contribution >= 0.6 is 0 Å². The molecule has 1 aliphatic rings. The predicted molar refractivity (Wildman–Crippen MR) is 106 cm³/mol. The summed E-state index contributed by atoms with van der Waals surface area (Å²) in [6.07, 6.45) is 3.11. The molecule has 0 saturated carbocycles. The fourth-order valence-corrected chi connectivity index (χ4v) is 3.21. The average molecular weight is 399 g/mol. The molecular formula is C20H21N3O6. The number of benzene rings is 2. The number of carbonyl (C=O) groups is 2. The number of nitrogens with zero attached hydrogens (tertiary/aromatic N) is 1. The van der Waals surface area contributed by atoms with Crippen LogP contribution in [-0.4, -0.2) is 41.7 Å². The van der Waals surface area contributed by atoms with E-state index in [0.717, 1.165) is 25.3 Å². The molecule has 29 heavy (non-hydrogen) atoms. The summed E-state index contributed by atoms with van der Waals surface area (Å²) in [7, 11) is 0.